The summed E-state index contributed by atoms with van der Waals surface area (Å²) in [5.74, 6) is -0.366. The molecule has 1 atom stereocenters. The number of carbonyl (C=O) groups excluding carboxylic acids is 2. The van der Waals surface area contributed by atoms with E-state index >= 15 is 0 Å². The molecular formula is C28H27N3O2. The number of amides is 2. The van der Waals surface area contributed by atoms with Crippen LogP contribution in [0.1, 0.15) is 34.5 Å². The highest BCUT2D eigenvalue weighted by Crippen LogP contribution is 2.22. The van der Waals surface area contributed by atoms with Crippen molar-refractivity contribution in [3.63, 3.8) is 0 Å². The molecule has 1 aliphatic carbocycles. The molecule has 1 heterocycles. The molecule has 1 fully saturated rings. The first-order valence-electron chi connectivity index (χ1n) is 11.4. The van der Waals surface area contributed by atoms with Crippen molar-refractivity contribution >= 4 is 22.7 Å². The van der Waals surface area contributed by atoms with Crippen LogP contribution in [0.3, 0.4) is 0 Å². The van der Waals surface area contributed by atoms with E-state index in [2.05, 4.69) is 22.8 Å². The predicted molar refractivity (Wildman–Crippen MR) is 130 cm³/mol. The van der Waals surface area contributed by atoms with E-state index in [1.807, 2.05) is 83.4 Å². The number of nitrogens with one attached hydrogen (secondary N) is 2. The maximum atomic E-state index is 13.5. The summed E-state index contributed by atoms with van der Waals surface area (Å²) in [6.45, 7) is 0.578. The van der Waals surface area contributed by atoms with Crippen molar-refractivity contribution in [1.82, 2.24) is 15.2 Å². The van der Waals surface area contributed by atoms with Gasteiger partial charge in [-0.15, -0.1) is 0 Å². The van der Waals surface area contributed by atoms with Gasteiger partial charge in [-0.25, -0.2) is 0 Å². The summed E-state index contributed by atoms with van der Waals surface area (Å²) < 4.78 is 2.03. The van der Waals surface area contributed by atoms with Crippen molar-refractivity contribution in [3.05, 3.63) is 108 Å². The van der Waals surface area contributed by atoms with Crippen LogP contribution in [0.2, 0.25) is 0 Å². The van der Waals surface area contributed by atoms with Crippen molar-refractivity contribution in [1.29, 1.82) is 0 Å². The molecule has 5 heteroatoms. The van der Waals surface area contributed by atoms with Crippen molar-refractivity contribution in [2.45, 2.75) is 37.9 Å². The van der Waals surface area contributed by atoms with Gasteiger partial charge in [-0.3, -0.25) is 9.59 Å². The number of benzene rings is 3. The van der Waals surface area contributed by atoms with Crippen LogP contribution in [0.5, 0.6) is 0 Å². The van der Waals surface area contributed by atoms with E-state index in [1.54, 1.807) is 0 Å². The molecule has 3 aromatic carbocycles. The van der Waals surface area contributed by atoms with Crippen molar-refractivity contribution < 1.29 is 9.59 Å². The van der Waals surface area contributed by atoms with Gasteiger partial charge in [0.25, 0.3) is 5.91 Å². The van der Waals surface area contributed by atoms with E-state index in [0.717, 1.165) is 34.9 Å². The average Bonchev–Trinajstić information content (AvgIpc) is 3.59. The fourth-order valence-corrected chi connectivity index (χ4v) is 4.16. The Morgan fingerprint density at radius 2 is 1.48 bits per heavy atom. The van der Waals surface area contributed by atoms with Gasteiger partial charge in [-0.1, -0.05) is 78.9 Å². The summed E-state index contributed by atoms with van der Waals surface area (Å²) in [6, 6.07) is 29.4. The number of aromatic nitrogens is 1. The normalized spacial score (nSPS) is 14.1. The third-order valence-electron chi connectivity index (χ3n) is 6.05. The van der Waals surface area contributed by atoms with E-state index < -0.39 is 6.04 Å². The first kappa shape index (κ1) is 21.0. The fourth-order valence-electron chi connectivity index (χ4n) is 4.16. The summed E-state index contributed by atoms with van der Waals surface area (Å²) in [7, 11) is 0. The van der Waals surface area contributed by atoms with Gasteiger partial charge in [0.05, 0.1) is 0 Å². The van der Waals surface area contributed by atoms with E-state index in [9.17, 15) is 9.59 Å². The van der Waals surface area contributed by atoms with E-state index in [1.165, 1.54) is 0 Å². The minimum Gasteiger partial charge on any atom is -0.352 e. The van der Waals surface area contributed by atoms with Gasteiger partial charge < -0.3 is 15.2 Å². The fraction of sp³-hybridized carbons (Fsp3) is 0.214. The quantitative estimate of drug-likeness (QED) is 0.432. The van der Waals surface area contributed by atoms with Gasteiger partial charge in [0.2, 0.25) is 5.91 Å². The zero-order valence-corrected chi connectivity index (χ0v) is 18.4. The third kappa shape index (κ3) is 4.98. The third-order valence-corrected chi connectivity index (χ3v) is 6.05. The summed E-state index contributed by atoms with van der Waals surface area (Å²) in [4.78, 5) is 26.5. The number of hydrogen-bond acceptors (Lipinski definition) is 2. The molecule has 2 N–H and O–H groups in total. The number of rotatable bonds is 8. The van der Waals surface area contributed by atoms with Crippen molar-refractivity contribution in [3.8, 4) is 0 Å². The molecule has 1 saturated carbocycles. The topological polar surface area (TPSA) is 63.1 Å². The van der Waals surface area contributed by atoms with E-state index in [0.29, 0.717) is 18.7 Å². The minimum absolute atomic E-state index is 0.125. The molecule has 166 valence electrons. The van der Waals surface area contributed by atoms with Gasteiger partial charge >= 0.3 is 0 Å². The number of nitrogens with zero attached hydrogens (tertiary/aromatic N) is 1. The Kier molecular flexibility index (Phi) is 5.94. The molecular weight excluding hydrogens is 410 g/mol. The van der Waals surface area contributed by atoms with Crippen LogP contribution in [0, 0.1) is 0 Å². The Morgan fingerprint density at radius 3 is 2.18 bits per heavy atom. The number of carbonyl (C=O) groups is 2. The van der Waals surface area contributed by atoms with Crippen LogP contribution in [0.25, 0.3) is 10.9 Å². The highest BCUT2D eigenvalue weighted by atomic mass is 16.2. The Bertz CT molecular complexity index is 1260. The summed E-state index contributed by atoms with van der Waals surface area (Å²) in [6.07, 6.45) is 2.45. The maximum absolute atomic E-state index is 13.5. The second-order valence-corrected chi connectivity index (χ2v) is 8.66. The lowest BCUT2D eigenvalue weighted by Gasteiger charge is -2.19. The second kappa shape index (κ2) is 9.33. The first-order chi connectivity index (χ1) is 16.2. The lowest BCUT2D eigenvalue weighted by molar-refractivity contribution is -0.123. The van der Waals surface area contributed by atoms with Crippen LogP contribution in [-0.2, 0) is 17.8 Å². The van der Waals surface area contributed by atoms with Gasteiger partial charge in [0, 0.05) is 29.9 Å². The Morgan fingerprint density at radius 1 is 0.848 bits per heavy atom. The highest BCUT2D eigenvalue weighted by molar-refractivity contribution is 6.01. The Labute approximate surface area is 193 Å². The molecule has 0 bridgehead atoms. The zero-order valence-electron chi connectivity index (χ0n) is 18.4. The molecule has 0 saturated heterocycles. The van der Waals surface area contributed by atoms with Crippen molar-refractivity contribution in [2.75, 3.05) is 0 Å². The monoisotopic (exact) mass is 437 g/mol. The predicted octanol–water partition coefficient (Wildman–Crippen LogP) is 4.31. The lowest BCUT2D eigenvalue weighted by Crippen LogP contribution is -2.49. The molecule has 0 radical (unpaired) electrons. The molecule has 33 heavy (non-hydrogen) atoms. The molecule has 0 spiro atoms. The molecule has 5 nitrogen and oxygen atoms in total. The molecule has 0 aliphatic heterocycles. The zero-order chi connectivity index (χ0) is 22.6. The van der Waals surface area contributed by atoms with Gasteiger partial charge in [0.1, 0.15) is 11.7 Å². The second-order valence-electron chi connectivity index (χ2n) is 8.66. The van der Waals surface area contributed by atoms with Crippen LogP contribution >= 0.6 is 0 Å². The van der Waals surface area contributed by atoms with Gasteiger partial charge in [-0.2, -0.15) is 0 Å². The van der Waals surface area contributed by atoms with Crippen LogP contribution in [0.15, 0.2) is 91.0 Å². The summed E-state index contributed by atoms with van der Waals surface area (Å²) in [5, 5.41) is 7.08. The van der Waals surface area contributed by atoms with Crippen LogP contribution in [-0.4, -0.2) is 28.5 Å². The molecule has 1 unspecified atom stereocenters. The SMILES string of the molecule is O=C(NC(Cc1ccccc1)C(=O)NC1CC1)c1cc2ccccc2n1Cc1ccccc1. The molecule has 2 amide bonds. The number of hydrogen-bond donors (Lipinski definition) is 2. The average molecular weight is 438 g/mol. The highest BCUT2D eigenvalue weighted by Gasteiger charge is 2.29. The Hall–Kier alpha value is -3.86. The summed E-state index contributed by atoms with van der Waals surface area (Å²) in [5.41, 5.74) is 3.67. The molecule has 5 rings (SSSR count). The number of fused-ring (bicyclic) bond motifs is 1. The van der Waals surface area contributed by atoms with Crippen molar-refractivity contribution in [2.24, 2.45) is 0 Å². The van der Waals surface area contributed by atoms with E-state index in [4.69, 9.17) is 0 Å². The van der Waals surface area contributed by atoms with Crippen LogP contribution < -0.4 is 10.6 Å². The molecule has 1 aromatic heterocycles. The van der Waals surface area contributed by atoms with E-state index in [-0.39, 0.29) is 17.9 Å². The minimum atomic E-state index is -0.635. The maximum Gasteiger partial charge on any atom is 0.268 e. The van der Waals surface area contributed by atoms with Gasteiger partial charge in [0.15, 0.2) is 0 Å². The molecule has 4 aromatic rings. The first-order valence-corrected chi connectivity index (χ1v) is 11.4. The standard InChI is InChI=1S/C28H27N3O2/c32-27(29-23-15-16-23)24(17-20-9-3-1-4-10-20)30-28(33)26-18-22-13-7-8-14-25(22)31(26)19-21-11-5-2-6-12-21/h1-14,18,23-24H,15-17,19H2,(H,29,32)(H,30,33). The van der Waals surface area contributed by atoms with Gasteiger partial charge in [-0.05, 0) is 36.1 Å². The molecule has 1 aliphatic rings. The largest absolute Gasteiger partial charge is 0.352 e. The van der Waals surface area contributed by atoms with Crippen LogP contribution in [0.4, 0.5) is 0 Å². The number of para-hydroxylation sites is 1. The lowest BCUT2D eigenvalue weighted by atomic mass is 10.0. The smallest absolute Gasteiger partial charge is 0.268 e. The summed E-state index contributed by atoms with van der Waals surface area (Å²) >= 11 is 0. The Balaban J connectivity index is 1.44.